The molecule has 6 nitrogen and oxygen atoms in total. The van der Waals surface area contributed by atoms with Crippen LogP contribution >= 0.6 is 11.8 Å². The molecule has 0 fully saturated rings. The quantitative estimate of drug-likeness (QED) is 0.377. The van der Waals surface area contributed by atoms with Gasteiger partial charge in [0, 0.05) is 11.0 Å². The predicted octanol–water partition coefficient (Wildman–Crippen LogP) is 2.28. The van der Waals surface area contributed by atoms with Gasteiger partial charge in [0.1, 0.15) is 11.9 Å². The van der Waals surface area contributed by atoms with E-state index in [1.54, 1.807) is 24.3 Å². The lowest BCUT2D eigenvalue weighted by atomic mass is 10.2. The first-order valence-electron chi connectivity index (χ1n) is 8.45. The van der Waals surface area contributed by atoms with Crippen molar-refractivity contribution in [2.24, 2.45) is 0 Å². The monoisotopic (exact) mass is 401 g/mol. The van der Waals surface area contributed by atoms with Crippen LogP contribution in [0.15, 0.2) is 65.6 Å². The third-order valence-electron chi connectivity index (χ3n) is 3.50. The van der Waals surface area contributed by atoms with Gasteiger partial charge in [-0.3, -0.25) is 25.2 Å². The van der Waals surface area contributed by atoms with Crippen LogP contribution in [0.25, 0.3) is 6.08 Å². The molecule has 2 aromatic carbocycles. The Morgan fingerprint density at radius 1 is 1.04 bits per heavy atom. The molecule has 3 N–H and O–H groups in total. The SMILES string of the molecule is C[C@H](NC(=O)/C=C/c1ccccc1)C(=O)NNC(=O)CSc1ccccc1F. The first-order valence-corrected chi connectivity index (χ1v) is 9.44. The van der Waals surface area contributed by atoms with E-state index in [2.05, 4.69) is 16.2 Å². The molecule has 0 saturated heterocycles. The lowest BCUT2D eigenvalue weighted by Gasteiger charge is -2.13. The van der Waals surface area contributed by atoms with Crippen molar-refractivity contribution in [3.63, 3.8) is 0 Å². The third-order valence-corrected chi connectivity index (χ3v) is 4.55. The van der Waals surface area contributed by atoms with Gasteiger partial charge in [0.25, 0.3) is 5.91 Å². The maximum Gasteiger partial charge on any atom is 0.260 e. The summed E-state index contributed by atoms with van der Waals surface area (Å²) in [6.07, 6.45) is 2.95. The van der Waals surface area contributed by atoms with Gasteiger partial charge in [0.2, 0.25) is 11.8 Å². The van der Waals surface area contributed by atoms with E-state index in [-0.39, 0.29) is 5.75 Å². The molecule has 3 amide bonds. The smallest absolute Gasteiger partial charge is 0.260 e. The Balaban J connectivity index is 1.71. The number of amides is 3. The summed E-state index contributed by atoms with van der Waals surface area (Å²) in [5.74, 6) is -1.99. The number of carbonyl (C=O) groups excluding carboxylic acids is 3. The molecule has 1 atom stereocenters. The normalized spacial score (nSPS) is 11.6. The van der Waals surface area contributed by atoms with Crippen LogP contribution in [0.4, 0.5) is 4.39 Å². The Labute approximate surface area is 166 Å². The molecule has 0 saturated carbocycles. The summed E-state index contributed by atoms with van der Waals surface area (Å²) in [5.41, 5.74) is 5.32. The van der Waals surface area contributed by atoms with Crippen LogP contribution in [0.5, 0.6) is 0 Å². The van der Waals surface area contributed by atoms with Gasteiger partial charge in [-0.2, -0.15) is 0 Å². The molecule has 2 aromatic rings. The zero-order valence-corrected chi connectivity index (χ0v) is 16.0. The summed E-state index contributed by atoms with van der Waals surface area (Å²) in [4.78, 5) is 35.9. The van der Waals surface area contributed by atoms with Crippen molar-refractivity contribution in [1.82, 2.24) is 16.2 Å². The molecule has 0 aliphatic carbocycles. The Bertz CT molecular complexity index is 859. The summed E-state index contributed by atoms with van der Waals surface area (Å²) >= 11 is 1.01. The Morgan fingerprint density at radius 3 is 2.43 bits per heavy atom. The van der Waals surface area contributed by atoms with Crippen LogP contribution < -0.4 is 16.2 Å². The summed E-state index contributed by atoms with van der Waals surface area (Å²) in [6.45, 7) is 1.49. The Morgan fingerprint density at radius 2 is 1.71 bits per heavy atom. The predicted molar refractivity (Wildman–Crippen MR) is 106 cm³/mol. The minimum Gasteiger partial charge on any atom is -0.341 e. The minimum atomic E-state index is -0.854. The number of hydrazine groups is 1. The van der Waals surface area contributed by atoms with Crippen molar-refractivity contribution in [3.05, 3.63) is 72.1 Å². The highest BCUT2D eigenvalue weighted by atomic mass is 32.2. The number of rotatable bonds is 7. The van der Waals surface area contributed by atoms with Crippen molar-refractivity contribution in [2.75, 3.05) is 5.75 Å². The molecule has 0 spiro atoms. The molecule has 0 aromatic heterocycles. The number of thioether (sulfide) groups is 1. The second-order valence-corrected chi connectivity index (χ2v) is 6.75. The summed E-state index contributed by atoms with van der Waals surface area (Å²) in [6, 6.07) is 14.5. The van der Waals surface area contributed by atoms with Gasteiger partial charge in [-0.25, -0.2) is 4.39 Å². The molecule has 2 rings (SSSR count). The van der Waals surface area contributed by atoms with E-state index in [1.165, 1.54) is 19.1 Å². The van der Waals surface area contributed by atoms with Gasteiger partial charge < -0.3 is 5.32 Å². The second kappa shape index (κ2) is 10.9. The maximum absolute atomic E-state index is 13.5. The molecule has 8 heteroatoms. The van der Waals surface area contributed by atoms with E-state index >= 15 is 0 Å². The Hall–Kier alpha value is -3.13. The topological polar surface area (TPSA) is 87.3 Å². The van der Waals surface area contributed by atoms with Crippen LogP contribution in [-0.4, -0.2) is 29.5 Å². The van der Waals surface area contributed by atoms with E-state index in [9.17, 15) is 18.8 Å². The van der Waals surface area contributed by atoms with E-state index in [0.717, 1.165) is 17.3 Å². The fourth-order valence-electron chi connectivity index (χ4n) is 2.04. The van der Waals surface area contributed by atoms with E-state index in [1.807, 2.05) is 30.3 Å². The fourth-order valence-corrected chi connectivity index (χ4v) is 2.78. The van der Waals surface area contributed by atoms with Gasteiger partial charge in [-0.15, -0.1) is 11.8 Å². The standard InChI is InChI=1S/C20H20FN3O3S/c1-14(22-18(25)12-11-15-7-3-2-4-8-15)20(27)24-23-19(26)13-28-17-10-6-5-9-16(17)21/h2-12,14H,13H2,1H3,(H,22,25)(H,23,26)(H,24,27)/b12-11+/t14-/m0/s1. The third kappa shape index (κ3) is 7.24. The average Bonchev–Trinajstić information content (AvgIpc) is 2.70. The van der Waals surface area contributed by atoms with Crippen LogP contribution in [0, 0.1) is 5.82 Å². The highest BCUT2D eigenvalue weighted by molar-refractivity contribution is 8.00. The van der Waals surface area contributed by atoms with Crippen LogP contribution in [-0.2, 0) is 14.4 Å². The first-order chi connectivity index (χ1) is 13.5. The largest absolute Gasteiger partial charge is 0.341 e. The number of hydrogen-bond donors (Lipinski definition) is 3. The van der Waals surface area contributed by atoms with Gasteiger partial charge in [0.15, 0.2) is 0 Å². The number of benzene rings is 2. The molecule has 0 radical (unpaired) electrons. The lowest BCUT2D eigenvalue weighted by molar-refractivity contribution is -0.130. The molecule has 0 aliphatic heterocycles. The lowest BCUT2D eigenvalue weighted by Crippen LogP contribution is -2.51. The molecule has 0 heterocycles. The molecular weight excluding hydrogens is 381 g/mol. The molecular formula is C20H20FN3O3S. The molecule has 0 bridgehead atoms. The van der Waals surface area contributed by atoms with E-state index in [0.29, 0.717) is 4.90 Å². The minimum absolute atomic E-state index is 0.0677. The summed E-state index contributed by atoms with van der Waals surface area (Å²) < 4.78 is 13.5. The average molecular weight is 401 g/mol. The summed E-state index contributed by atoms with van der Waals surface area (Å²) in [7, 11) is 0. The molecule has 0 unspecified atom stereocenters. The van der Waals surface area contributed by atoms with Crippen molar-refractivity contribution < 1.29 is 18.8 Å². The number of hydrogen-bond acceptors (Lipinski definition) is 4. The molecule has 28 heavy (non-hydrogen) atoms. The van der Waals surface area contributed by atoms with Gasteiger partial charge in [-0.05, 0) is 30.7 Å². The maximum atomic E-state index is 13.5. The van der Waals surface area contributed by atoms with Gasteiger partial charge >= 0.3 is 0 Å². The van der Waals surface area contributed by atoms with Crippen molar-refractivity contribution in [1.29, 1.82) is 0 Å². The van der Waals surface area contributed by atoms with Gasteiger partial charge in [0.05, 0.1) is 5.75 Å². The highest BCUT2D eigenvalue weighted by Gasteiger charge is 2.15. The molecule has 146 valence electrons. The fraction of sp³-hybridized carbons (Fsp3) is 0.150. The molecule has 0 aliphatic rings. The van der Waals surface area contributed by atoms with Crippen LogP contribution in [0.3, 0.4) is 0 Å². The van der Waals surface area contributed by atoms with Crippen molar-refractivity contribution >= 4 is 35.6 Å². The number of nitrogens with one attached hydrogen (secondary N) is 3. The Kier molecular flexibility index (Phi) is 8.23. The zero-order chi connectivity index (χ0) is 20.4. The van der Waals surface area contributed by atoms with Crippen molar-refractivity contribution in [2.45, 2.75) is 17.9 Å². The summed E-state index contributed by atoms with van der Waals surface area (Å²) in [5, 5.41) is 2.50. The van der Waals surface area contributed by atoms with Crippen molar-refractivity contribution in [3.8, 4) is 0 Å². The van der Waals surface area contributed by atoms with Gasteiger partial charge in [-0.1, -0.05) is 42.5 Å². The van der Waals surface area contributed by atoms with Crippen LogP contribution in [0.1, 0.15) is 12.5 Å². The number of halogens is 1. The van der Waals surface area contributed by atoms with Crippen LogP contribution in [0.2, 0.25) is 0 Å². The first kappa shape index (κ1) is 21.2. The highest BCUT2D eigenvalue weighted by Crippen LogP contribution is 2.20. The second-order valence-electron chi connectivity index (χ2n) is 5.73. The van der Waals surface area contributed by atoms with E-state index in [4.69, 9.17) is 0 Å². The zero-order valence-electron chi connectivity index (χ0n) is 15.1. The van der Waals surface area contributed by atoms with E-state index < -0.39 is 29.6 Å². The number of carbonyl (C=O) groups is 3.